The lowest BCUT2D eigenvalue weighted by molar-refractivity contribution is -0.139. The lowest BCUT2D eigenvalue weighted by Crippen LogP contribution is -2.50. The Morgan fingerprint density at radius 3 is 2.67 bits per heavy atom. The van der Waals surface area contributed by atoms with Gasteiger partial charge in [-0.1, -0.05) is 22.0 Å². The van der Waals surface area contributed by atoms with E-state index in [1.807, 2.05) is 53.5 Å². The number of hydrogen-bond acceptors (Lipinski definition) is 4. The van der Waals surface area contributed by atoms with E-state index in [0.717, 1.165) is 48.1 Å². The maximum atomic E-state index is 13.1. The van der Waals surface area contributed by atoms with E-state index in [1.165, 1.54) is 6.42 Å². The summed E-state index contributed by atoms with van der Waals surface area (Å²) < 4.78 is 9.07. The number of aryl methyl sites for hydroxylation is 2. The molecule has 2 saturated heterocycles. The van der Waals surface area contributed by atoms with Gasteiger partial charge in [-0.3, -0.25) is 14.3 Å². The van der Waals surface area contributed by atoms with Crippen molar-refractivity contribution in [3.63, 3.8) is 0 Å². The number of carbonyl (C=O) groups excluding carboxylic acids is 2. The number of aromatic nitrogens is 2. The van der Waals surface area contributed by atoms with Gasteiger partial charge in [0.2, 0.25) is 11.8 Å². The molecular formula is C25H33BrN4O3. The van der Waals surface area contributed by atoms with E-state index in [1.54, 1.807) is 4.68 Å². The van der Waals surface area contributed by atoms with Crippen LogP contribution in [0.5, 0.6) is 5.75 Å². The molecule has 4 rings (SSSR count). The van der Waals surface area contributed by atoms with Crippen molar-refractivity contribution < 1.29 is 14.3 Å². The first-order valence-corrected chi connectivity index (χ1v) is 12.7. The molecule has 0 radical (unpaired) electrons. The molecule has 2 aromatic rings. The summed E-state index contributed by atoms with van der Waals surface area (Å²) in [6.07, 6.45) is 9.30. The molecule has 2 aliphatic heterocycles. The molecule has 2 atom stereocenters. The Morgan fingerprint density at radius 2 is 1.94 bits per heavy atom. The van der Waals surface area contributed by atoms with Crippen LogP contribution in [0, 0.1) is 5.92 Å². The number of carbonyl (C=O) groups is 2. The molecule has 0 unspecified atom stereocenters. The number of likely N-dealkylation sites (tertiary alicyclic amines) is 2. The fourth-order valence-corrected chi connectivity index (χ4v) is 5.19. The summed E-state index contributed by atoms with van der Waals surface area (Å²) in [7, 11) is 1.88. The number of ether oxygens (including phenoxy) is 1. The SMILES string of the molecule is Cn1cc(CCC(=O)N2CC[C@H](Oc3cccc(Br)c3)[C@@H](CC(=O)N3CCCCC3)C2)cn1. The van der Waals surface area contributed by atoms with E-state index < -0.39 is 0 Å². The van der Waals surface area contributed by atoms with E-state index in [0.29, 0.717) is 32.4 Å². The molecule has 7 nitrogen and oxygen atoms in total. The first kappa shape index (κ1) is 23.8. The molecule has 3 heterocycles. The lowest BCUT2D eigenvalue weighted by Gasteiger charge is -2.39. The van der Waals surface area contributed by atoms with E-state index in [4.69, 9.17) is 4.74 Å². The number of rotatable bonds is 7. The van der Waals surface area contributed by atoms with Crippen molar-refractivity contribution in [3.8, 4) is 5.75 Å². The smallest absolute Gasteiger partial charge is 0.223 e. The van der Waals surface area contributed by atoms with Crippen LogP contribution in [0.1, 0.15) is 44.1 Å². The standard InChI is InChI=1S/C25H33BrN4O3/c1-28-17-19(16-27-28)8-9-24(31)30-13-10-23(33-22-7-5-6-21(26)15-22)20(18-30)14-25(32)29-11-3-2-4-12-29/h5-7,15-17,20,23H,2-4,8-14,18H2,1H3/t20-,23-/m0/s1. The minimum atomic E-state index is -0.0876. The summed E-state index contributed by atoms with van der Waals surface area (Å²) in [6.45, 7) is 2.90. The summed E-state index contributed by atoms with van der Waals surface area (Å²) in [5.74, 6) is 1.10. The minimum Gasteiger partial charge on any atom is -0.490 e. The van der Waals surface area contributed by atoms with Crippen molar-refractivity contribution in [2.45, 2.75) is 51.0 Å². The average Bonchev–Trinajstić information content (AvgIpc) is 3.24. The summed E-state index contributed by atoms with van der Waals surface area (Å²) in [5, 5.41) is 4.18. The van der Waals surface area contributed by atoms with Gasteiger partial charge in [-0.15, -0.1) is 0 Å². The Labute approximate surface area is 204 Å². The van der Waals surface area contributed by atoms with Crippen molar-refractivity contribution in [3.05, 3.63) is 46.7 Å². The third-order valence-electron chi connectivity index (χ3n) is 6.63. The zero-order valence-electron chi connectivity index (χ0n) is 19.3. The van der Waals surface area contributed by atoms with Crippen LogP contribution in [-0.4, -0.2) is 63.7 Å². The predicted octanol–water partition coefficient (Wildman–Crippen LogP) is 3.81. The van der Waals surface area contributed by atoms with Crippen LogP contribution in [0.25, 0.3) is 0 Å². The Bertz CT molecular complexity index is 957. The molecule has 2 amide bonds. The second-order valence-corrected chi connectivity index (χ2v) is 10.1. The molecule has 1 aromatic carbocycles. The molecule has 2 aliphatic rings. The second kappa shape index (κ2) is 11.2. The molecule has 33 heavy (non-hydrogen) atoms. The van der Waals surface area contributed by atoms with Crippen LogP contribution >= 0.6 is 15.9 Å². The van der Waals surface area contributed by atoms with Crippen molar-refractivity contribution in [2.24, 2.45) is 13.0 Å². The molecule has 0 spiro atoms. The fraction of sp³-hybridized carbons (Fsp3) is 0.560. The highest BCUT2D eigenvalue weighted by Crippen LogP contribution is 2.28. The van der Waals surface area contributed by atoms with Gasteiger partial charge in [0.1, 0.15) is 11.9 Å². The van der Waals surface area contributed by atoms with Gasteiger partial charge < -0.3 is 14.5 Å². The molecule has 0 saturated carbocycles. The topological polar surface area (TPSA) is 67.7 Å². The summed E-state index contributed by atoms with van der Waals surface area (Å²) >= 11 is 3.50. The van der Waals surface area contributed by atoms with Gasteiger partial charge in [0.05, 0.1) is 6.20 Å². The number of benzene rings is 1. The number of nitrogens with zero attached hydrogens (tertiary/aromatic N) is 4. The zero-order chi connectivity index (χ0) is 23.2. The molecule has 2 fully saturated rings. The van der Waals surface area contributed by atoms with E-state index in [2.05, 4.69) is 21.0 Å². The maximum Gasteiger partial charge on any atom is 0.223 e. The van der Waals surface area contributed by atoms with E-state index >= 15 is 0 Å². The maximum absolute atomic E-state index is 13.1. The van der Waals surface area contributed by atoms with Gasteiger partial charge in [0.15, 0.2) is 0 Å². The molecule has 8 heteroatoms. The van der Waals surface area contributed by atoms with Gasteiger partial charge >= 0.3 is 0 Å². The first-order valence-electron chi connectivity index (χ1n) is 11.9. The molecule has 178 valence electrons. The van der Waals surface area contributed by atoms with Crippen molar-refractivity contribution in [1.29, 1.82) is 0 Å². The Balaban J connectivity index is 1.41. The van der Waals surface area contributed by atoms with Crippen molar-refractivity contribution in [2.75, 3.05) is 26.2 Å². The molecule has 0 aliphatic carbocycles. The predicted molar refractivity (Wildman–Crippen MR) is 130 cm³/mol. The van der Waals surface area contributed by atoms with Gasteiger partial charge in [-0.05, 0) is 49.4 Å². The Kier molecular flexibility index (Phi) is 8.06. The van der Waals surface area contributed by atoms with Gasteiger partial charge in [-0.25, -0.2) is 0 Å². The second-order valence-electron chi connectivity index (χ2n) is 9.17. The third kappa shape index (κ3) is 6.59. The van der Waals surface area contributed by atoms with Gasteiger partial charge in [0, 0.05) is 69.1 Å². The highest BCUT2D eigenvalue weighted by molar-refractivity contribution is 9.10. The number of hydrogen-bond donors (Lipinski definition) is 0. The number of amides is 2. The third-order valence-corrected chi connectivity index (χ3v) is 7.13. The van der Waals surface area contributed by atoms with Crippen LogP contribution in [0.4, 0.5) is 0 Å². The van der Waals surface area contributed by atoms with Crippen LogP contribution < -0.4 is 4.74 Å². The molecule has 0 N–H and O–H groups in total. The van der Waals surface area contributed by atoms with E-state index in [9.17, 15) is 9.59 Å². The van der Waals surface area contributed by atoms with Crippen LogP contribution in [-0.2, 0) is 23.1 Å². The van der Waals surface area contributed by atoms with Gasteiger partial charge in [-0.2, -0.15) is 5.10 Å². The van der Waals surface area contributed by atoms with Gasteiger partial charge in [0.25, 0.3) is 0 Å². The Morgan fingerprint density at radius 1 is 1.12 bits per heavy atom. The van der Waals surface area contributed by atoms with Crippen LogP contribution in [0.15, 0.2) is 41.1 Å². The fourth-order valence-electron chi connectivity index (χ4n) is 4.81. The lowest BCUT2D eigenvalue weighted by atomic mass is 9.90. The van der Waals surface area contributed by atoms with Crippen molar-refractivity contribution in [1.82, 2.24) is 19.6 Å². The minimum absolute atomic E-state index is 0.0190. The summed E-state index contributed by atoms with van der Waals surface area (Å²) in [5.41, 5.74) is 1.07. The van der Waals surface area contributed by atoms with Crippen molar-refractivity contribution >= 4 is 27.7 Å². The highest BCUT2D eigenvalue weighted by Gasteiger charge is 2.35. The normalized spacial score (nSPS) is 21.2. The number of piperidine rings is 2. The van der Waals surface area contributed by atoms with E-state index in [-0.39, 0.29) is 23.8 Å². The van der Waals surface area contributed by atoms with Crippen LogP contribution in [0.2, 0.25) is 0 Å². The van der Waals surface area contributed by atoms with Crippen LogP contribution in [0.3, 0.4) is 0 Å². The summed E-state index contributed by atoms with van der Waals surface area (Å²) in [6, 6.07) is 7.81. The largest absolute Gasteiger partial charge is 0.490 e. The number of halogens is 1. The average molecular weight is 517 g/mol. The monoisotopic (exact) mass is 516 g/mol. The molecular weight excluding hydrogens is 484 g/mol. The highest BCUT2D eigenvalue weighted by atomic mass is 79.9. The zero-order valence-corrected chi connectivity index (χ0v) is 20.9. The quantitative estimate of drug-likeness (QED) is 0.560. The molecule has 0 bridgehead atoms. The molecule has 1 aromatic heterocycles. The summed E-state index contributed by atoms with van der Waals surface area (Å²) in [4.78, 5) is 29.9. The Hall–Kier alpha value is -2.35. The first-order chi connectivity index (χ1) is 16.0.